The Morgan fingerprint density at radius 3 is 2.75 bits per heavy atom. The molecule has 0 radical (unpaired) electrons. The minimum Gasteiger partial charge on any atom is -0.403 e. The smallest absolute Gasteiger partial charge is 0.118 e. The van der Waals surface area contributed by atoms with Gasteiger partial charge in [0.05, 0.1) is 11.9 Å². The van der Waals surface area contributed by atoms with Crippen LogP contribution in [0.1, 0.15) is 12.8 Å². The van der Waals surface area contributed by atoms with Crippen molar-refractivity contribution >= 4 is 6.21 Å². The number of hydrogen-bond acceptors (Lipinski definition) is 4. The van der Waals surface area contributed by atoms with E-state index < -0.39 is 0 Å². The molecule has 0 spiro atoms. The quantitative estimate of drug-likeness (QED) is 0.516. The zero-order chi connectivity index (χ0) is 8.97. The van der Waals surface area contributed by atoms with Crippen molar-refractivity contribution in [2.24, 2.45) is 16.5 Å². The molecule has 0 heterocycles. The number of nitrogens with one attached hydrogen (secondary N) is 1. The third kappa shape index (κ3) is 3.09. The van der Waals surface area contributed by atoms with Crippen LogP contribution in [0.5, 0.6) is 0 Å². The van der Waals surface area contributed by atoms with Gasteiger partial charge in [-0.05, 0) is 12.8 Å². The van der Waals surface area contributed by atoms with Crippen LogP contribution in [0.2, 0.25) is 0 Å². The lowest BCUT2D eigenvalue weighted by molar-refractivity contribution is 0.799. The van der Waals surface area contributed by atoms with Crippen molar-refractivity contribution < 1.29 is 0 Å². The zero-order valence-corrected chi connectivity index (χ0v) is 6.96. The summed E-state index contributed by atoms with van der Waals surface area (Å²) in [5.41, 5.74) is 11.0. The van der Waals surface area contributed by atoms with Crippen LogP contribution in [0.3, 0.4) is 0 Å². The average Bonchev–Trinajstić information content (AvgIpc) is 2.84. The molecule has 0 unspecified atom stereocenters. The van der Waals surface area contributed by atoms with Gasteiger partial charge in [-0.15, -0.1) is 0 Å². The summed E-state index contributed by atoms with van der Waals surface area (Å²) in [7, 11) is 0. The minimum atomic E-state index is 0.439. The Morgan fingerprint density at radius 2 is 2.25 bits per heavy atom. The van der Waals surface area contributed by atoms with E-state index >= 15 is 0 Å². The van der Waals surface area contributed by atoms with Crippen molar-refractivity contribution in [1.29, 1.82) is 0 Å². The average molecular weight is 166 g/mol. The van der Waals surface area contributed by atoms with E-state index in [0.29, 0.717) is 17.6 Å². The number of allylic oxidation sites excluding steroid dienone is 1. The van der Waals surface area contributed by atoms with E-state index in [1.54, 1.807) is 0 Å². The molecule has 5 N–H and O–H groups in total. The van der Waals surface area contributed by atoms with Crippen molar-refractivity contribution in [3.8, 4) is 0 Å². The molecule has 0 atom stereocenters. The summed E-state index contributed by atoms with van der Waals surface area (Å²) in [5.74, 6) is 0.641. The van der Waals surface area contributed by atoms with Crippen LogP contribution in [0.25, 0.3) is 0 Å². The Hall–Kier alpha value is -1.45. The van der Waals surface area contributed by atoms with E-state index in [4.69, 9.17) is 11.5 Å². The normalized spacial score (nSPS) is 18.2. The molecule has 0 saturated heterocycles. The van der Waals surface area contributed by atoms with Crippen molar-refractivity contribution in [2.75, 3.05) is 0 Å². The number of rotatable bonds is 4. The van der Waals surface area contributed by atoms with Crippen molar-refractivity contribution in [3.63, 3.8) is 0 Å². The van der Waals surface area contributed by atoms with Crippen LogP contribution in [0.15, 0.2) is 29.3 Å². The molecule has 1 saturated carbocycles. The number of aliphatic imine (C=N–C) groups is 1. The van der Waals surface area contributed by atoms with Crippen molar-refractivity contribution in [2.45, 2.75) is 18.9 Å². The van der Waals surface area contributed by atoms with E-state index in [1.165, 1.54) is 25.3 Å². The zero-order valence-electron chi connectivity index (χ0n) is 6.96. The lowest BCUT2D eigenvalue weighted by atomic mass is 10.5. The first-order valence-electron chi connectivity index (χ1n) is 3.89. The van der Waals surface area contributed by atoms with Gasteiger partial charge in [0.25, 0.3) is 0 Å². The summed E-state index contributed by atoms with van der Waals surface area (Å²) in [6.07, 6.45) is 5.19. The molecular formula is C8H14N4. The Morgan fingerprint density at radius 1 is 1.58 bits per heavy atom. The van der Waals surface area contributed by atoms with Crippen molar-refractivity contribution in [3.05, 3.63) is 24.3 Å². The molecule has 1 fully saturated rings. The second kappa shape index (κ2) is 3.80. The molecule has 0 aromatic heterocycles. The topological polar surface area (TPSA) is 76.4 Å². The fourth-order valence-electron chi connectivity index (χ4n) is 0.696. The molecule has 0 bridgehead atoms. The number of hydrogen-bond donors (Lipinski definition) is 3. The van der Waals surface area contributed by atoms with Gasteiger partial charge in [-0.25, -0.2) is 4.99 Å². The van der Waals surface area contributed by atoms with Gasteiger partial charge in [0.2, 0.25) is 0 Å². The van der Waals surface area contributed by atoms with Gasteiger partial charge in [0.15, 0.2) is 0 Å². The second-order valence-corrected chi connectivity index (χ2v) is 2.79. The van der Waals surface area contributed by atoms with Gasteiger partial charge in [0.1, 0.15) is 5.82 Å². The lowest BCUT2D eigenvalue weighted by Crippen LogP contribution is -2.13. The molecule has 0 aromatic carbocycles. The van der Waals surface area contributed by atoms with Gasteiger partial charge in [-0.3, -0.25) is 0 Å². The fourth-order valence-corrected chi connectivity index (χ4v) is 0.696. The van der Waals surface area contributed by atoms with Crippen LogP contribution in [-0.4, -0.2) is 12.3 Å². The molecule has 4 heteroatoms. The van der Waals surface area contributed by atoms with Gasteiger partial charge in [-0.2, -0.15) is 0 Å². The van der Waals surface area contributed by atoms with Crippen molar-refractivity contribution in [1.82, 2.24) is 5.32 Å². The Kier molecular flexibility index (Phi) is 2.74. The van der Waals surface area contributed by atoms with Crippen LogP contribution in [0, 0.1) is 0 Å². The van der Waals surface area contributed by atoms with Crippen LogP contribution in [-0.2, 0) is 0 Å². The third-order valence-corrected chi connectivity index (χ3v) is 1.51. The maximum absolute atomic E-state index is 5.39. The van der Waals surface area contributed by atoms with Gasteiger partial charge < -0.3 is 16.8 Å². The highest BCUT2D eigenvalue weighted by atomic mass is 15.1. The highest BCUT2D eigenvalue weighted by Crippen LogP contribution is 2.19. The molecule has 1 aliphatic carbocycles. The first-order valence-corrected chi connectivity index (χ1v) is 3.89. The predicted octanol–water partition coefficient (Wildman–Crippen LogP) is 0.0392. The molecule has 0 aromatic rings. The minimum absolute atomic E-state index is 0.439. The second-order valence-electron chi connectivity index (χ2n) is 2.79. The summed E-state index contributed by atoms with van der Waals surface area (Å²) >= 11 is 0. The summed E-state index contributed by atoms with van der Waals surface area (Å²) in [6, 6.07) is 0.567. The number of nitrogens with two attached hydrogens (primary N) is 2. The lowest BCUT2D eigenvalue weighted by Gasteiger charge is -2.00. The SMILES string of the molecule is C=C(/N=C\C(N)=C/N)NC1CC1. The standard InChI is InChI=1S/C8H14N4/c1-6(12-8-2-3-8)11-5-7(10)4-9/h4-5,8,12H,1-3,9-10H2/b7-4+,11-5-. The van der Waals surface area contributed by atoms with Crippen LogP contribution in [0.4, 0.5) is 0 Å². The van der Waals surface area contributed by atoms with E-state index in [1.807, 2.05) is 0 Å². The highest BCUT2D eigenvalue weighted by Gasteiger charge is 2.20. The molecule has 1 aliphatic rings. The first kappa shape index (κ1) is 8.64. The van der Waals surface area contributed by atoms with Gasteiger partial charge >= 0.3 is 0 Å². The number of nitrogens with zero attached hydrogens (tertiary/aromatic N) is 1. The molecule has 0 aliphatic heterocycles. The van der Waals surface area contributed by atoms with Crippen LogP contribution >= 0.6 is 0 Å². The van der Waals surface area contributed by atoms with Gasteiger partial charge in [-0.1, -0.05) is 6.58 Å². The molecule has 4 nitrogen and oxygen atoms in total. The van der Waals surface area contributed by atoms with E-state index in [0.717, 1.165) is 0 Å². The maximum atomic E-state index is 5.39. The summed E-state index contributed by atoms with van der Waals surface area (Å²) in [5, 5.41) is 3.12. The molecule has 12 heavy (non-hydrogen) atoms. The molecule has 1 rings (SSSR count). The third-order valence-electron chi connectivity index (χ3n) is 1.51. The predicted molar refractivity (Wildman–Crippen MR) is 50.2 cm³/mol. The summed E-state index contributed by atoms with van der Waals surface area (Å²) in [4.78, 5) is 3.97. The monoisotopic (exact) mass is 166 g/mol. The van der Waals surface area contributed by atoms with Crippen LogP contribution < -0.4 is 16.8 Å². The Labute approximate surface area is 72.0 Å². The molecule has 0 amide bonds. The first-order chi connectivity index (χ1) is 5.72. The van der Waals surface area contributed by atoms with Gasteiger partial charge in [0, 0.05) is 12.2 Å². The fraction of sp³-hybridized carbons (Fsp3) is 0.375. The Balaban J connectivity index is 2.28. The maximum Gasteiger partial charge on any atom is 0.118 e. The Bertz CT molecular complexity index is 225. The highest BCUT2D eigenvalue weighted by molar-refractivity contribution is 5.77. The molecule has 66 valence electrons. The summed E-state index contributed by atoms with van der Waals surface area (Å²) < 4.78 is 0. The van der Waals surface area contributed by atoms with E-state index in [-0.39, 0.29) is 0 Å². The largest absolute Gasteiger partial charge is 0.403 e. The van der Waals surface area contributed by atoms with E-state index in [9.17, 15) is 0 Å². The summed E-state index contributed by atoms with van der Waals surface area (Å²) in [6.45, 7) is 3.71. The molecular weight excluding hydrogens is 152 g/mol. The van der Waals surface area contributed by atoms with E-state index in [2.05, 4.69) is 16.9 Å².